The maximum atomic E-state index is 12.3. The number of morpholine rings is 1. The SMILES string of the molecule is C[C@H]1OCCN[C@@H]1C(=O)Nc1cccc(OCC2CCCO2)c1.Cl. The van der Waals surface area contributed by atoms with Crippen LogP contribution in [0.4, 0.5) is 5.69 Å². The summed E-state index contributed by atoms with van der Waals surface area (Å²) in [7, 11) is 0. The average molecular weight is 357 g/mol. The number of anilines is 1. The molecule has 2 heterocycles. The maximum absolute atomic E-state index is 12.3. The largest absolute Gasteiger partial charge is 0.491 e. The Morgan fingerprint density at radius 1 is 1.38 bits per heavy atom. The molecule has 1 unspecified atom stereocenters. The van der Waals surface area contributed by atoms with Gasteiger partial charge in [0, 0.05) is 24.9 Å². The highest BCUT2D eigenvalue weighted by molar-refractivity contribution is 5.95. The van der Waals surface area contributed by atoms with Gasteiger partial charge in [-0.15, -0.1) is 12.4 Å². The van der Waals surface area contributed by atoms with Gasteiger partial charge in [0.25, 0.3) is 0 Å². The highest BCUT2D eigenvalue weighted by Gasteiger charge is 2.28. The van der Waals surface area contributed by atoms with Crippen LogP contribution in [0.5, 0.6) is 5.75 Å². The first kappa shape index (κ1) is 19.0. The third kappa shape index (κ3) is 5.08. The summed E-state index contributed by atoms with van der Waals surface area (Å²) >= 11 is 0. The van der Waals surface area contributed by atoms with E-state index in [9.17, 15) is 4.79 Å². The lowest BCUT2D eigenvalue weighted by atomic mass is 10.1. The fourth-order valence-corrected chi connectivity index (χ4v) is 2.88. The van der Waals surface area contributed by atoms with Crippen LogP contribution in [0, 0.1) is 0 Å². The molecule has 2 saturated heterocycles. The summed E-state index contributed by atoms with van der Waals surface area (Å²) in [6.07, 6.45) is 2.18. The molecule has 1 aromatic carbocycles. The molecule has 6 nitrogen and oxygen atoms in total. The van der Waals surface area contributed by atoms with Gasteiger partial charge in [0.15, 0.2) is 0 Å². The predicted molar refractivity (Wildman–Crippen MR) is 94.0 cm³/mol. The maximum Gasteiger partial charge on any atom is 0.244 e. The lowest BCUT2D eigenvalue weighted by Crippen LogP contribution is -2.53. The van der Waals surface area contributed by atoms with E-state index in [0.29, 0.717) is 19.8 Å². The van der Waals surface area contributed by atoms with E-state index in [1.54, 1.807) is 0 Å². The summed E-state index contributed by atoms with van der Waals surface area (Å²) < 4.78 is 16.8. The molecule has 0 radical (unpaired) electrons. The van der Waals surface area contributed by atoms with E-state index < -0.39 is 0 Å². The quantitative estimate of drug-likeness (QED) is 0.844. The van der Waals surface area contributed by atoms with E-state index in [4.69, 9.17) is 14.2 Å². The van der Waals surface area contributed by atoms with Crippen LogP contribution in [-0.4, -0.2) is 50.5 Å². The van der Waals surface area contributed by atoms with Crippen molar-refractivity contribution in [3.8, 4) is 5.75 Å². The summed E-state index contributed by atoms with van der Waals surface area (Å²) in [5.74, 6) is 0.646. The molecule has 24 heavy (non-hydrogen) atoms. The second-order valence-corrected chi connectivity index (χ2v) is 5.97. The highest BCUT2D eigenvalue weighted by Crippen LogP contribution is 2.20. The third-order valence-corrected chi connectivity index (χ3v) is 4.16. The van der Waals surface area contributed by atoms with E-state index in [-0.39, 0.29) is 36.6 Å². The second kappa shape index (κ2) is 9.22. The van der Waals surface area contributed by atoms with E-state index >= 15 is 0 Å². The van der Waals surface area contributed by atoms with Crippen molar-refractivity contribution in [1.82, 2.24) is 5.32 Å². The van der Waals surface area contributed by atoms with Gasteiger partial charge in [-0.05, 0) is 31.9 Å². The standard InChI is InChI=1S/C17H24N2O4.ClH/c1-12-16(18-7-9-21-12)17(20)19-13-4-2-5-14(10-13)23-11-15-6-3-8-22-15;/h2,4-5,10,12,15-16,18H,3,6-9,11H2,1H3,(H,19,20);1H/t12-,15?,16+;/m1./s1. The zero-order valence-electron chi connectivity index (χ0n) is 13.8. The smallest absolute Gasteiger partial charge is 0.244 e. The van der Waals surface area contributed by atoms with Crippen LogP contribution >= 0.6 is 12.4 Å². The van der Waals surface area contributed by atoms with Crippen molar-refractivity contribution in [1.29, 1.82) is 0 Å². The Morgan fingerprint density at radius 3 is 3.00 bits per heavy atom. The predicted octanol–water partition coefficient (Wildman–Crippen LogP) is 1.98. The van der Waals surface area contributed by atoms with Crippen molar-refractivity contribution in [2.24, 2.45) is 0 Å². The first-order valence-corrected chi connectivity index (χ1v) is 8.23. The topological polar surface area (TPSA) is 68.8 Å². The number of hydrogen-bond acceptors (Lipinski definition) is 5. The van der Waals surface area contributed by atoms with Gasteiger partial charge in [-0.3, -0.25) is 4.79 Å². The molecule has 3 rings (SSSR count). The number of halogens is 1. The Kier molecular flexibility index (Phi) is 7.30. The molecule has 134 valence electrons. The van der Waals surface area contributed by atoms with Crippen molar-refractivity contribution >= 4 is 24.0 Å². The molecule has 2 aliphatic rings. The Labute approximate surface area is 148 Å². The summed E-state index contributed by atoms with van der Waals surface area (Å²) in [6, 6.07) is 7.11. The zero-order valence-corrected chi connectivity index (χ0v) is 14.6. The van der Waals surface area contributed by atoms with E-state index in [2.05, 4.69) is 10.6 Å². The molecule has 0 spiro atoms. The average Bonchev–Trinajstić information content (AvgIpc) is 3.07. The molecule has 0 aromatic heterocycles. The Morgan fingerprint density at radius 2 is 2.25 bits per heavy atom. The number of nitrogens with one attached hydrogen (secondary N) is 2. The number of rotatable bonds is 5. The van der Waals surface area contributed by atoms with Gasteiger partial charge in [0.05, 0.1) is 18.8 Å². The molecular formula is C17H25ClN2O4. The van der Waals surface area contributed by atoms with Crippen molar-refractivity contribution in [3.63, 3.8) is 0 Å². The minimum absolute atomic E-state index is 0. The lowest BCUT2D eigenvalue weighted by molar-refractivity contribution is -0.123. The summed E-state index contributed by atoms with van der Waals surface area (Å²) in [5, 5.41) is 6.10. The van der Waals surface area contributed by atoms with Crippen molar-refractivity contribution < 1.29 is 19.0 Å². The molecule has 2 aliphatic heterocycles. The molecule has 0 aliphatic carbocycles. The third-order valence-electron chi connectivity index (χ3n) is 4.16. The van der Waals surface area contributed by atoms with Gasteiger partial charge < -0.3 is 24.8 Å². The number of ether oxygens (including phenoxy) is 3. The molecule has 3 atom stereocenters. The minimum Gasteiger partial charge on any atom is -0.491 e. The Hall–Kier alpha value is -1.34. The number of hydrogen-bond donors (Lipinski definition) is 2. The van der Waals surface area contributed by atoms with E-state index in [0.717, 1.165) is 30.9 Å². The van der Waals surface area contributed by atoms with Crippen molar-refractivity contribution in [2.45, 2.75) is 38.0 Å². The minimum atomic E-state index is -0.333. The first-order chi connectivity index (χ1) is 11.2. The normalized spacial score (nSPS) is 26.5. The number of carbonyl (C=O) groups excluding carboxylic acids is 1. The second-order valence-electron chi connectivity index (χ2n) is 5.97. The number of benzene rings is 1. The Balaban J connectivity index is 0.00000208. The van der Waals surface area contributed by atoms with Crippen LogP contribution < -0.4 is 15.4 Å². The molecular weight excluding hydrogens is 332 g/mol. The van der Waals surface area contributed by atoms with Crippen LogP contribution in [0.1, 0.15) is 19.8 Å². The molecule has 0 saturated carbocycles. The molecule has 1 amide bonds. The van der Waals surface area contributed by atoms with Gasteiger partial charge in [0.1, 0.15) is 18.4 Å². The van der Waals surface area contributed by atoms with Crippen LogP contribution in [0.3, 0.4) is 0 Å². The number of amides is 1. The van der Waals surface area contributed by atoms with Gasteiger partial charge in [-0.25, -0.2) is 0 Å². The van der Waals surface area contributed by atoms with Crippen LogP contribution in [-0.2, 0) is 14.3 Å². The summed E-state index contributed by atoms with van der Waals surface area (Å²) in [5.41, 5.74) is 0.722. The molecule has 7 heteroatoms. The van der Waals surface area contributed by atoms with Gasteiger partial charge in [-0.1, -0.05) is 6.07 Å². The number of carbonyl (C=O) groups is 1. The van der Waals surface area contributed by atoms with E-state index in [1.807, 2.05) is 31.2 Å². The first-order valence-electron chi connectivity index (χ1n) is 8.23. The van der Waals surface area contributed by atoms with Crippen LogP contribution in [0.2, 0.25) is 0 Å². The fourth-order valence-electron chi connectivity index (χ4n) is 2.88. The zero-order chi connectivity index (χ0) is 16.1. The van der Waals surface area contributed by atoms with Gasteiger partial charge >= 0.3 is 0 Å². The van der Waals surface area contributed by atoms with Crippen molar-refractivity contribution in [2.75, 3.05) is 31.7 Å². The molecule has 0 bridgehead atoms. The van der Waals surface area contributed by atoms with Crippen LogP contribution in [0.15, 0.2) is 24.3 Å². The van der Waals surface area contributed by atoms with Crippen molar-refractivity contribution in [3.05, 3.63) is 24.3 Å². The van der Waals surface area contributed by atoms with Gasteiger partial charge in [-0.2, -0.15) is 0 Å². The lowest BCUT2D eigenvalue weighted by Gasteiger charge is -2.29. The summed E-state index contributed by atoms with van der Waals surface area (Å²) in [6.45, 7) is 4.59. The molecule has 2 N–H and O–H groups in total. The van der Waals surface area contributed by atoms with E-state index in [1.165, 1.54) is 0 Å². The fraction of sp³-hybridized carbons (Fsp3) is 0.588. The monoisotopic (exact) mass is 356 g/mol. The van der Waals surface area contributed by atoms with Gasteiger partial charge in [0.2, 0.25) is 5.91 Å². The molecule has 2 fully saturated rings. The molecule has 1 aromatic rings. The highest BCUT2D eigenvalue weighted by atomic mass is 35.5. The Bertz CT molecular complexity index is 537. The summed E-state index contributed by atoms with van der Waals surface area (Å²) in [4.78, 5) is 12.3. The van der Waals surface area contributed by atoms with Crippen LogP contribution in [0.25, 0.3) is 0 Å².